The van der Waals surface area contributed by atoms with Crippen LogP contribution in [0.4, 0.5) is 0 Å². The molecular formula is C28H38O5. The molecule has 0 unspecified atom stereocenters. The molecule has 2 aliphatic heterocycles. The van der Waals surface area contributed by atoms with Crippen LogP contribution in [0.5, 0.6) is 0 Å². The molecule has 1 saturated heterocycles. The molecule has 6 rings (SSSR count). The molecule has 0 amide bonds. The average Bonchev–Trinajstić information content (AvgIpc) is 3.50. The molecule has 2 heterocycles. The summed E-state index contributed by atoms with van der Waals surface area (Å²) < 4.78 is 12.1. The number of carbonyl (C=O) groups excluding carboxylic acids is 2. The number of rotatable bonds is 2. The molecule has 3 saturated carbocycles. The lowest BCUT2D eigenvalue weighted by molar-refractivity contribution is -0.182. The van der Waals surface area contributed by atoms with Gasteiger partial charge in [-0.15, -0.1) is 0 Å². The number of hydrogen-bond acceptors (Lipinski definition) is 5. The molecule has 0 aromatic rings. The van der Waals surface area contributed by atoms with Gasteiger partial charge in [0.15, 0.2) is 5.78 Å². The van der Waals surface area contributed by atoms with Crippen molar-refractivity contribution in [3.63, 3.8) is 0 Å². The third-order valence-electron chi connectivity index (χ3n) is 11.6. The smallest absolute Gasteiger partial charge is 0.333 e. The Balaban J connectivity index is 1.30. The highest BCUT2D eigenvalue weighted by molar-refractivity contribution is 5.97. The molecule has 0 radical (unpaired) electrons. The summed E-state index contributed by atoms with van der Waals surface area (Å²) in [5.41, 5.74) is 0.243. The minimum Gasteiger partial charge on any atom is -0.458 e. The van der Waals surface area contributed by atoms with Crippen LogP contribution in [0.2, 0.25) is 0 Å². The van der Waals surface area contributed by atoms with Crippen molar-refractivity contribution in [3.05, 3.63) is 23.3 Å². The van der Waals surface area contributed by atoms with E-state index in [9.17, 15) is 14.7 Å². The molecule has 4 fully saturated rings. The molecule has 6 aliphatic rings. The third-order valence-corrected chi connectivity index (χ3v) is 11.6. The first kappa shape index (κ1) is 22.0. The number of aliphatic hydroxyl groups is 1. The van der Waals surface area contributed by atoms with Crippen LogP contribution < -0.4 is 0 Å². The van der Waals surface area contributed by atoms with Gasteiger partial charge >= 0.3 is 5.97 Å². The minimum absolute atomic E-state index is 0.0524. The van der Waals surface area contributed by atoms with Crippen molar-refractivity contribution in [1.82, 2.24) is 0 Å². The van der Waals surface area contributed by atoms with E-state index in [2.05, 4.69) is 20.8 Å². The number of ketones is 1. The van der Waals surface area contributed by atoms with Crippen LogP contribution in [0.25, 0.3) is 0 Å². The van der Waals surface area contributed by atoms with Gasteiger partial charge in [0, 0.05) is 12.0 Å². The second kappa shape index (κ2) is 6.81. The zero-order chi connectivity index (χ0) is 23.5. The van der Waals surface area contributed by atoms with Crippen LogP contribution in [0.1, 0.15) is 73.1 Å². The summed E-state index contributed by atoms with van der Waals surface area (Å²) >= 11 is 0. The Morgan fingerprint density at radius 2 is 1.88 bits per heavy atom. The fraction of sp³-hybridized carbons (Fsp3) is 0.786. The van der Waals surface area contributed by atoms with Crippen LogP contribution >= 0.6 is 0 Å². The van der Waals surface area contributed by atoms with Crippen molar-refractivity contribution in [2.24, 2.45) is 40.4 Å². The number of cyclic esters (lactones) is 1. The Hall–Kier alpha value is -1.46. The number of carbonyl (C=O) groups is 2. The Kier molecular flexibility index (Phi) is 4.55. The lowest BCUT2D eigenvalue weighted by atomic mass is 9.43. The van der Waals surface area contributed by atoms with Crippen LogP contribution in [0, 0.1) is 40.4 Å². The minimum atomic E-state index is -1.07. The second-order valence-electron chi connectivity index (χ2n) is 12.5. The molecule has 33 heavy (non-hydrogen) atoms. The van der Waals surface area contributed by atoms with Crippen LogP contribution in [0.3, 0.4) is 0 Å². The van der Waals surface area contributed by atoms with Crippen LogP contribution in [-0.2, 0) is 19.1 Å². The van der Waals surface area contributed by atoms with Gasteiger partial charge < -0.3 is 14.6 Å². The number of allylic oxidation sites excluding steroid dienone is 1. The van der Waals surface area contributed by atoms with E-state index in [-0.39, 0.29) is 41.4 Å². The predicted octanol–water partition coefficient (Wildman–Crippen LogP) is 4.38. The maximum atomic E-state index is 13.3. The first-order valence-electron chi connectivity index (χ1n) is 13.0. The largest absolute Gasteiger partial charge is 0.458 e. The van der Waals surface area contributed by atoms with Crippen LogP contribution in [-0.4, -0.2) is 40.8 Å². The summed E-state index contributed by atoms with van der Waals surface area (Å²) in [5.74, 6) is 1.68. The molecule has 1 N–H and O–H groups in total. The normalized spacial score (nSPS) is 53.6. The molecule has 0 bridgehead atoms. The number of ether oxygens (including phenoxy) is 2. The Bertz CT molecular complexity index is 981. The van der Waals surface area contributed by atoms with E-state index in [0.717, 1.165) is 43.3 Å². The van der Waals surface area contributed by atoms with Gasteiger partial charge in [0.05, 0.1) is 11.5 Å². The first-order valence-corrected chi connectivity index (χ1v) is 13.0. The maximum absolute atomic E-state index is 13.3. The zero-order valence-electron chi connectivity index (χ0n) is 20.6. The SMILES string of the molecule is CC1=C(C)C(=O)O[C@@H]([C@H](C)[C@H]2CC[C@H]3[C@@H]4[C@@H]5O[C@@H]5[C@@]5(O)CC=CC(=O)[C@]5(C)[C@@H]4CC[C@]23C)C1. The lowest BCUT2D eigenvalue weighted by Crippen LogP contribution is -2.67. The molecule has 0 spiro atoms. The first-order chi connectivity index (χ1) is 15.5. The van der Waals surface area contributed by atoms with Crippen molar-refractivity contribution < 1.29 is 24.2 Å². The summed E-state index contributed by atoms with van der Waals surface area (Å²) in [7, 11) is 0. The topological polar surface area (TPSA) is 76.1 Å². The molecule has 180 valence electrons. The van der Waals surface area contributed by atoms with Gasteiger partial charge in [-0.1, -0.05) is 25.5 Å². The summed E-state index contributed by atoms with van der Waals surface area (Å²) in [4.78, 5) is 25.7. The van der Waals surface area contributed by atoms with E-state index in [0.29, 0.717) is 30.1 Å². The molecule has 0 aromatic carbocycles. The highest BCUT2D eigenvalue weighted by atomic mass is 16.6. The van der Waals surface area contributed by atoms with Gasteiger partial charge in [-0.25, -0.2) is 4.79 Å². The summed E-state index contributed by atoms with van der Waals surface area (Å²) in [6, 6.07) is 0. The zero-order valence-corrected chi connectivity index (χ0v) is 20.6. The number of epoxide rings is 1. The molecule has 0 aromatic heterocycles. The van der Waals surface area contributed by atoms with E-state index >= 15 is 0 Å². The lowest BCUT2D eigenvalue weighted by Gasteiger charge is -2.60. The average molecular weight is 455 g/mol. The van der Waals surface area contributed by atoms with Crippen molar-refractivity contribution in [2.75, 3.05) is 0 Å². The molecule has 5 heteroatoms. The fourth-order valence-corrected chi connectivity index (χ4v) is 9.34. The van der Waals surface area contributed by atoms with Crippen LogP contribution in [0.15, 0.2) is 23.3 Å². The summed E-state index contributed by atoms with van der Waals surface area (Å²) in [6.45, 7) is 10.7. The number of fused-ring (bicyclic) bond motifs is 8. The van der Waals surface area contributed by atoms with Gasteiger partial charge in [0.1, 0.15) is 17.8 Å². The highest BCUT2D eigenvalue weighted by Crippen LogP contribution is 2.71. The standard InChI is InChI=1S/C28H38O5/c1-14-13-20(32-25(30)15(14)2)16(3)17-8-9-18-22-19(10-12-26(17,18)4)27(5)21(29)7-6-11-28(27,31)24-23(22)33-24/h6-7,16-20,22-24,31H,8-13H2,1-5H3/t16-,17-,18+,19-,20-,22+,23+,24+,26-,27+,28+/m1/s1. The van der Waals surface area contributed by atoms with E-state index < -0.39 is 11.0 Å². The van der Waals surface area contributed by atoms with Gasteiger partial charge in [0.25, 0.3) is 0 Å². The summed E-state index contributed by atoms with van der Waals surface area (Å²) in [5, 5.41) is 11.7. The molecular weight excluding hydrogens is 416 g/mol. The Morgan fingerprint density at radius 1 is 1.12 bits per heavy atom. The number of hydrogen-bond donors (Lipinski definition) is 1. The molecule has 11 atom stereocenters. The highest BCUT2D eigenvalue weighted by Gasteiger charge is 2.77. The maximum Gasteiger partial charge on any atom is 0.333 e. The van der Waals surface area contributed by atoms with Crippen molar-refractivity contribution in [3.8, 4) is 0 Å². The second-order valence-corrected chi connectivity index (χ2v) is 12.5. The molecule has 5 nitrogen and oxygen atoms in total. The Morgan fingerprint density at radius 3 is 2.61 bits per heavy atom. The molecule has 4 aliphatic carbocycles. The van der Waals surface area contributed by atoms with Crippen molar-refractivity contribution in [2.45, 2.75) is 97.1 Å². The van der Waals surface area contributed by atoms with Gasteiger partial charge in [-0.05, 0) is 94.0 Å². The fourth-order valence-electron chi connectivity index (χ4n) is 9.34. The van der Waals surface area contributed by atoms with Gasteiger partial charge in [-0.2, -0.15) is 0 Å². The predicted molar refractivity (Wildman–Crippen MR) is 123 cm³/mol. The third kappa shape index (κ3) is 2.61. The van der Waals surface area contributed by atoms with E-state index in [1.165, 1.54) is 0 Å². The van der Waals surface area contributed by atoms with Gasteiger partial charge in [-0.3, -0.25) is 4.79 Å². The van der Waals surface area contributed by atoms with Gasteiger partial charge in [0.2, 0.25) is 0 Å². The van der Waals surface area contributed by atoms with E-state index in [1.807, 2.05) is 19.9 Å². The Labute approximate surface area is 197 Å². The van der Waals surface area contributed by atoms with Crippen molar-refractivity contribution in [1.29, 1.82) is 0 Å². The van der Waals surface area contributed by atoms with Crippen molar-refractivity contribution >= 4 is 11.8 Å². The quantitative estimate of drug-likeness (QED) is 0.495. The number of esters is 1. The monoisotopic (exact) mass is 454 g/mol. The van der Waals surface area contributed by atoms with E-state index in [4.69, 9.17) is 9.47 Å². The summed E-state index contributed by atoms with van der Waals surface area (Å²) in [6.07, 6.45) is 8.98. The van der Waals surface area contributed by atoms with E-state index in [1.54, 1.807) is 6.08 Å².